The van der Waals surface area contributed by atoms with Gasteiger partial charge in [-0.15, -0.1) is 0 Å². The molecule has 0 saturated carbocycles. The lowest BCUT2D eigenvalue weighted by atomic mass is 9.78. The van der Waals surface area contributed by atoms with Gasteiger partial charge in [0.15, 0.2) is 11.9 Å². The number of aliphatic hydroxyl groups is 2. The molecule has 9 unspecified atom stereocenters. The highest BCUT2D eigenvalue weighted by Gasteiger charge is 2.50. The Labute approximate surface area is 383 Å². The smallest absolute Gasteiger partial charge is 0.312 e. The first-order valence-corrected chi connectivity index (χ1v) is 21.7. The van der Waals surface area contributed by atoms with Crippen molar-refractivity contribution in [1.82, 2.24) is 0 Å². The van der Waals surface area contributed by atoms with Gasteiger partial charge in [-0.05, 0) is 31.1 Å². The van der Waals surface area contributed by atoms with E-state index in [-0.39, 0.29) is 44.5 Å². The second kappa shape index (κ2) is 20.2. The van der Waals surface area contributed by atoms with Gasteiger partial charge in [-0.25, -0.2) is 0 Å². The van der Waals surface area contributed by atoms with Crippen LogP contribution in [0.25, 0.3) is 10.8 Å². The molecule has 1 amide bonds. The molecule has 0 saturated heterocycles. The van der Waals surface area contributed by atoms with Crippen LogP contribution in [0, 0.1) is 30.6 Å². The number of phenols is 3. The number of aliphatic hydroxyl groups excluding tert-OH is 2. The number of nitrogens with one attached hydrogen (secondary N) is 1. The molecule has 6 N–H and O–H groups in total. The number of allylic oxidation sites excluding steroid dienone is 2. The minimum atomic E-state index is -2.10. The van der Waals surface area contributed by atoms with Crippen molar-refractivity contribution in [3.05, 3.63) is 125 Å². The molecule has 0 aliphatic carbocycles. The highest BCUT2D eigenvalue weighted by atomic mass is 16.7. The minimum absolute atomic E-state index is 0.0184. The standard InChI is InChI=1S/C51H58N2O13/c1-26-17-16-18-27(2)50(61)53-40-35(25-52-66-48(33-19-12-10-13-20-33)34-21-14-11-15-22-34)44(58)37-38(45(40)59)43(57)31(6)47-39(37)49(60)51(8,65-47)63-24-23-36(62-9)28(3)46(64-32(7)54)30(5)42(56)29(4)41(26)55/h10-26,28-30,36,41-42,46,48,55-59H,1-9H3,(H,53,61)/b17-16+,24-23+,27-18+,52-25?. The van der Waals surface area contributed by atoms with Crippen molar-refractivity contribution in [2.75, 3.05) is 12.4 Å². The SMILES string of the molecule is COC1/C=C/OC2(C)Oc3c(C)c(O)c4c(O)c(c(C=NOC(c5ccccc5)c5ccccc5)c(O)c4c3C2=O)NC(=O)/C(C)=C/C=C/C(C)C(O)C(C)C(O)C(C)C(OC(C)=O)C1C. The zero-order valence-electron chi connectivity index (χ0n) is 38.4. The number of aromatic hydroxyl groups is 3. The molecule has 0 radical (unpaired) electrons. The maximum atomic E-state index is 14.6. The largest absolute Gasteiger partial charge is 0.507 e. The molecular formula is C51H58N2O13. The second-order valence-corrected chi connectivity index (χ2v) is 17.2. The molecule has 66 heavy (non-hydrogen) atoms. The summed E-state index contributed by atoms with van der Waals surface area (Å²) in [6, 6.07) is 18.5. The van der Waals surface area contributed by atoms with Gasteiger partial charge in [0.25, 0.3) is 11.7 Å². The summed E-state index contributed by atoms with van der Waals surface area (Å²) in [5.41, 5.74) is 0.756. The third-order valence-electron chi connectivity index (χ3n) is 12.6. The van der Waals surface area contributed by atoms with E-state index in [2.05, 4.69) is 10.5 Å². The lowest BCUT2D eigenvalue weighted by Crippen LogP contribution is -2.46. The van der Waals surface area contributed by atoms with Crippen molar-refractivity contribution in [1.29, 1.82) is 0 Å². The third-order valence-corrected chi connectivity index (χ3v) is 12.6. The average molecular weight is 907 g/mol. The number of fused-ring (bicyclic) bond motifs is 14. The summed E-state index contributed by atoms with van der Waals surface area (Å²) < 4.78 is 23.7. The van der Waals surface area contributed by atoms with E-state index in [1.54, 1.807) is 39.8 Å². The van der Waals surface area contributed by atoms with Gasteiger partial charge in [0.2, 0.25) is 0 Å². The molecule has 15 nitrogen and oxygen atoms in total. The van der Waals surface area contributed by atoms with E-state index in [0.29, 0.717) is 0 Å². The van der Waals surface area contributed by atoms with Crippen LogP contribution in [-0.2, 0) is 28.6 Å². The molecule has 5 bridgehead atoms. The quantitative estimate of drug-likeness (QED) is 0.0342. The number of amides is 1. The number of phenolic OH excluding ortho intramolecular Hbond substituents is 3. The van der Waals surface area contributed by atoms with Gasteiger partial charge < -0.3 is 54.6 Å². The van der Waals surface area contributed by atoms with Crippen molar-refractivity contribution in [2.24, 2.45) is 28.8 Å². The number of esters is 1. The monoisotopic (exact) mass is 906 g/mol. The van der Waals surface area contributed by atoms with Crippen molar-refractivity contribution in [2.45, 2.75) is 91.7 Å². The Morgan fingerprint density at radius 2 is 1.47 bits per heavy atom. The highest BCUT2D eigenvalue weighted by Crippen LogP contribution is 2.55. The summed E-state index contributed by atoms with van der Waals surface area (Å²) in [5, 5.41) is 65.3. The van der Waals surface area contributed by atoms with Crippen LogP contribution in [-0.4, -0.2) is 86.7 Å². The van der Waals surface area contributed by atoms with Crippen LogP contribution in [0.2, 0.25) is 0 Å². The van der Waals surface area contributed by atoms with Crippen molar-refractivity contribution in [3.63, 3.8) is 0 Å². The minimum Gasteiger partial charge on any atom is -0.507 e. The summed E-state index contributed by atoms with van der Waals surface area (Å²) >= 11 is 0. The van der Waals surface area contributed by atoms with E-state index >= 15 is 0 Å². The Morgan fingerprint density at radius 1 is 0.848 bits per heavy atom. The first-order chi connectivity index (χ1) is 31.3. The van der Waals surface area contributed by atoms with Gasteiger partial charge in [-0.1, -0.05) is 112 Å². The Kier molecular flexibility index (Phi) is 14.9. The van der Waals surface area contributed by atoms with Crippen LogP contribution >= 0.6 is 0 Å². The van der Waals surface area contributed by atoms with Crippen molar-refractivity contribution < 1.29 is 63.7 Å². The molecule has 3 aliphatic heterocycles. The Balaban J connectivity index is 1.53. The summed E-state index contributed by atoms with van der Waals surface area (Å²) in [4.78, 5) is 47.0. The van der Waals surface area contributed by atoms with E-state index in [0.717, 1.165) is 17.3 Å². The number of ketones is 1. The first-order valence-electron chi connectivity index (χ1n) is 21.7. The van der Waals surface area contributed by atoms with Gasteiger partial charge in [-0.3, -0.25) is 14.4 Å². The van der Waals surface area contributed by atoms with E-state index < -0.39 is 94.9 Å². The number of methoxy groups -OCH3 is 1. The van der Waals surface area contributed by atoms with Gasteiger partial charge >= 0.3 is 11.8 Å². The lowest BCUT2D eigenvalue weighted by Gasteiger charge is -2.38. The zero-order chi connectivity index (χ0) is 48.2. The number of oxime groups is 1. The number of carbonyl (C=O) groups is 3. The number of ether oxygens (including phenoxy) is 4. The summed E-state index contributed by atoms with van der Waals surface area (Å²) in [6.45, 7) is 12.4. The Morgan fingerprint density at radius 3 is 2.06 bits per heavy atom. The fraction of sp³-hybridized carbons (Fsp3) is 0.373. The predicted molar refractivity (Wildman–Crippen MR) is 247 cm³/mol. The molecule has 7 rings (SSSR count). The van der Waals surface area contributed by atoms with Crippen LogP contribution < -0.4 is 10.1 Å². The summed E-state index contributed by atoms with van der Waals surface area (Å²) in [5.74, 6) is -8.88. The Hall–Kier alpha value is -6.68. The van der Waals surface area contributed by atoms with Crippen LogP contribution in [0.5, 0.6) is 23.0 Å². The first kappa shape index (κ1) is 48.8. The molecule has 0 aromatic heterocycles. The fourth-order valence-corrected chi connectivity index (χ4v) is 8.59. The van der Waals surface area contributed by atoms with Crippen LogP contribution in [0.4, 0.5) is 5.69 Å². The van der Waals surface area contributed by atoms with Crippen LogP contribution in [0.1, 0.15) is 87.2 Å². The molecule has 9 atom stereocenters. The topological polar surface area (TPSA) is 223 Å². The van der Waals surface area contributed by atoms with Gasteiger partial charge in [0.05, 0.1) is 53.0 Å². The van der Waals surface area contributed by atoms with Gasteiger partial charge in [0, 0.05) is 61.2 Å². The third kappa shape index (κ3) is 9.64. The lowest BCUT2D eigenvalue weighted by molar-refractivity contribution is -0.160. The predicted octanol–water partition coefficient (Wildman–Crippen LogP) is 7.89. The molecular weight excluding hydrogens is 849 g/mol. The molecule has 3 aliphatic rings. The molecule has 4 aromatic rings. The van der Waals surface area contributed by atoms with Gasteiger partial charge in [-0.2, -0.15) is 0 Å². The maximum Gasteiger partial charge on any atom is 0.312 e. The Bertz CT molecular complexity index is 2530. The normalized spacial score (nSPS) is 28.1. The molecule has 15 heteroatoms. The number of Topliss-reactive ketones (excluding diaryl/α,β-unsaturated/α-hetero) is 1. The van der Waals surface area contributed by atoms with Gasteiger partial charge in [0.1, 0.15) is 23.4 Å². The van der Waals surface area contributed by atoms with E-state index in [1.165, 1.54) is 53.2 Å². The summed E-state index contributed by atoms with van der Waals surface area (Å²) in [6.07, 6.45) is 3.74. The average Bonchev–Trinajstić information content (AvgIpc) is 3.57. The number of hydrogen-bond acceptors (Lipinski definition) is 14. The van der Waals surface area contributed by atoms with Crippen molar-refractivity contribution in [3.8, 4) is 23.0 Å². The molecule has 0 fully saturated rings. The second-order valence-electron chi connectivity index (χ2n) is 17.2. The number of anilines is 1. The highest BCUT2D eigenvalue weighted by molar-refractivity contribution is 6.23. The number of benzene rings is 4. The van der Waals surface area contributed by atoms with E-state index in [4.69, 9.17) is 23.8 Å². The molecule has 4 aromatic carbocycles. The van der Waals surface area contributed by atoms with E-state index in [9.17, 15) is 39.9 Å². The molecule has 350 valence electrons. The molecule has 3 heterocycles. The number of rotatable bonds is 7. The number of hydrogen-bond donors (Lipinski definition) is 6. The maximum absolute atomic E-state index is 14.6. The van der Waals surface area contributed by atoms with Crippen molar-refractivity contribution >= 4 is 40.3 Å². The molecule has 0 spiro atoms. The van der Waals surface area contributed by atoms with Crippen LogP contribution in [0.3, 0.4) is 0 Å². The summed E-state index contributed by atoms with van der Waals surface area (Å²) in [7, 11) is 1.43. The van der Waals surface area contributed by atoms with E-state index in [1.807, 2.05) is 60.7 Å². The zero-order valence-corrected chi connectivity index (χ0v) is 38.4. The van der Waals surface area contributed by atoms with Crippen LogP contribution in [0.15, 0.2) is 102 Å². The number of nitrogens with zero attached hydrogens (tertiary/aromatic N) is 1. The number of carbonyl (C=O) groups excluding carboxylic acids is 3. The fourth-order valence-electron chi connectivity index (χ4n) is 8.59.